The highest BCUT2D eigenvalue weighted by molar-refractivity contribution is 7.99. The summed E-state index contributed by atoms with van der Waals surface area (Å²) >= 11 is 1.63. The van der Waals surface area contributed by atoms with Crippen molar-refractivity contribution in [1.29, 1.82) is 0 Å². The lowest BCUT2D eigenvalue weighted by Crippen LogP contribution is -2.47. The highest BCUT2D eigenvalue weighted by Crippen LogP contribution is 2.32. The van der Waals surface area contributed by atoms with Crippen molar-refractivity contribution in [3.8, 4) is 0 Å². The van der Waals surface area contributed by atoms with Gasteiger partial charge in [0.1, 0.15) is 0 Å². The summed E-state index contributed by atoms with van der Waals surface area (Å²) in [5, 5.41) is 5.90. The average molecular weight is 362 g/mol. The molecular formula is C18H26N4O2S. The minimum atomic E-state index is -0.291. The number of nitrogens with one attached hydrogen (secondary N) is 2. The number of hydrogen-bond donors (Lipinski definition) is 2. The van der Waals surface area contributed by atoms with Crippen LogP contribution >= 0.6 is 11.8 Å². The van der Waals surface area contributed by atoms with Crippen molar-refractivity contribution >= 4 is 29.3 Å². The molecule has 0 spiro atoms. The smallest absolute Gasteiger partial charge is 0.228 e. The van der Waals surface area contributed by atoms with Crippen molar-refractivity contribution in [2.24, 2.45) is 5.92 Å². The van der Waals surface area contributed by atoms with E-state index in [-0.39, 0.29) is 24.2 Å². The molecule has 0 aliphatic carbocycles. The summed E-state index contributed by atoms with van der Waals surface area (Å²) in [6.45, 7) is 5.77. The first-order valence-electron chi connectivity index (χ1n) is 8.82. The van der Waals surface area contributed by atoms with Crippen LogP contribution in [-0.2, 0) is 9.59 Å². The van der Waals surface area contributed by atoms with Crippen LogP contribution in [0.1, 0.15) is 6.42 Å². The molecule has 7 heteroatoms. The number of thioether (sulfide) groups is 1. The molecule has 0 bridgehead atoms. The van der Waals surface area contributed by atoms with Crippen LogP contribution in [-0.4, -0.2) is 73.7 Å². The zero-order chi connectivity index (χ0) is 17.6. The predicted octanol–water partition coefficient (Wildman–Crippen LogP) is 1.10. The second kappa shape index (κ2) is 8.69. The highest BCUT2D eigenvalue weighted by atomic mass is 32.2. The number of benzene rings is 1. The molecule has 0 unspecified atom stereocenters. The fourth-order valence-electron chi connectivity index (χ4n) is 3.07. The van der Waals surface area contributed by atoms with Crippen LogP contribution in [0, 0.1) is 5.92 Å². The van der Waals surface area contributed by atoms with Crippen LogP contribution in [0.2, 0.25) is 0 Å². The Morgan fingerprint density at radius 2 is 2.04 bits per heavy atom. The van der Waals surface area contributed by atoms with Crippen LogP contribution in [0.4, 0.5) is 5.69 Å². The Hall–Kier alpha value is -1.57. The molecule has 2 N–H and O–H groups in total. The number of anilines is 1. The van der Waals surface area contributed by atoms with Gasteiger partial charge in [0.25, 0.3) is 0 Å². The molecule has 25 heavy (non-hydrogen) atoms. The number of nitrogens with zero attached hydrogens (tertiary/aromatic N) is 2. The van der Waals surface area contributed by atoms with Gasteiger partial charge in [-0.1, -0.05) is 12.1 Å². The first kappa shape index (κ1) is 18.2. The van der Waals surface area contributed by atoms with Crippen LogP contribution < -0.4 is 10.6 Å². The maximum Gasteiger partial charge on any atom is 0.228 e. The quantitative estimate of drug-likeness (QED) is 0.821. The van der Waals surface area contributed by atoms with E-state index in [1.165, 1.54) is 0 Å². The van der Waals surface area contributed by atoms with Crippen molar-refractivity contribution < 1.29 is 9.59 Å². The summed E-state index contributed by atoms with van der Waals surface area (Å²) in [6, 6.07) is 7.77. The average Bonchev–Trinajstić information content (AvgIpc) is 2.76. The SMILES string of the molecule is CN1CCN(CCNC(=O)C[C@@H]2CSc3ccccc3NC2=O)CC1. The fraction of sp³-hybridized carbons (Fsp3) is 0.556. The third kappa shape index (κ3) is 5.20. The molecule has 1 fully saturated rings. The Balaban J connectivity index is 1.41. The molecule has 1 atom stereocenters. The van der Waals surface area contributed by atoms with E-state index in [0.717, 1.165) is 43.3 Å². The van der Waals surface area contributed by atoms with Gasteiger partial charge in [-0.25, -0.2) is 0 Å². The molecule has 3 rings (SSSR count). The second-order valence-electron chi connectivity index (χ2n) is 6.69. The zero-order valence-corrected chi connectivity index (χ0v) is 15.5. The molecule has 136 valence electrons. The highest BCUT2D eigenvalue weighted by Gasteiger charge is 2.26. The molecule has 1 aromatic rings. The molecule has 2 aliphatic heterocycles. The van der Waals surface area contributed by atoms with Crippen molar-refractivity contribution in [3.05, 3.63) is 24.3 Å². The van der Waals surface area contributed by atoms with E-state index in [1.807, 2.05) is 24.3 Å². The van der Waals surface area contributed by atoms with Crippen molar-refractivity contribution in [2.45, 2.75) is 11.3 Å². The molecular weight excluding hydrogens is 336 g/mol. The van der Waals surface area contributed by atoms with Gasteiger partial charge < -0.3 is 15.5 Å². The first-order valence-corrected chi connectivity index (χ1v) is 9.80. The van der Waals surface area contributed by atoms with Crippen molar-refractivity contribution in [1.82, 2.24) is 15.1 Å². The molecule has 0 aromatic heterocycles. The van der Waals surface area contributed by atoms with Crippen LogP contribution in [0.25, 0.3) is 0 Å². The van der Waals surface area contributed by atoms with E-state index in [1.54, 1.807) is 11.8 Å². The van der Waals surface area contributed by atoms with E-state index < -0.39 is 0 Å². The maximum absolute atomic E-state index is 12.3. The lowest BCUT2D eigenvalue weighted by atomic mass is 10.1. The van der Waals surface area contributed by atoms with E-state index >= 15 is 0 Å². The van der Waals surface area contributed by atoms with E-state index in [0.29, 0.717) is 12.3 Å². The van der Waals surface area contributed by atoms with E-state index in [2.05, 4.69) is 27.5 Å². The van der Waals surface area contributed by atoms with Gasteiger partial charge in [0, 0.05) is 56.3 Å². The molecule has 0 saturated carbocycles. The third-order valence-electron chi connectivity index (χ3n) is 4.73. The van der Waals surface area contributed by atoms with Crippen LogP contribution in [0.3, 0.4) is 0 Å². The van der Waals surface area contributed by atoms with Crippen LogP contribution in [0.5, 0.6) is 0 Å². The summed E-state index contributed by atoms with van der Waals surface area (Å²) in [6.07, 6.45) is 0.246. The largest absolute Gasteiger partial charge is 0.355 e. The zero-order valence-electron chi connectivity index (χ0n) is 14.7. The van der Waals surface area contributed by atoms with Gasteiger partial charge >= 0.3 is 0 Å². The van der Waals surface area contributed by atoms with Gasteiger partial charge in [-0.2, -0.15) is 0 Å². The number of fused-ring (bicyclic) bond motifs is 1. The number of carbonyl (C=O) groups is 2. The Morgan fingerprint density at radius 1 is 1.28 bits per heavy atom. The second-order valence-corrected chi connectivity index (χ2v) is 7.75. The molecule has 2 aliphatic rings. The lowest BCUT2D eigenvalue weighted by Gasteiger charge is -2.32. The number of piperazine rings is 1. The van der Waals surface area contributed by atoms with Crippen molar-refractivity contribution in [3.63, 3.8) is 0 Å². The fourth-order valence-corrected chi connectivity index (χ4v) is 4.17. The Kier molecular flexibility index (Phi) is 6.34. The topological polar surface area (TPSA) is 64.7 Å². The summed E-state index contributed by atoms with van der Waals surface area (Å²) in [5.41, 5.74) is 0.843. The third-order valence-corrected chi connectivity index (χ3v) is 5.97. The number of amides is 2. The predicted molar refractivity (Wildman–Crippen MR) is 101 cm³/mol. The normalized spacial score (nSPS) is 22.0. The standard InChI is InChI=1S/C18H26N4O2S/c1-21-8-10-22(11-9-21)7-6-19-17(23)12-14-13-25-16-5-3-2-4-15(16)20-18(14)24/h2-5,14H,6-13H2,1H3,(H,19,23)(H,20,24)/t14-/m1/s1. The minimum Gasteiger partial charge on any atom is -0.355 e. The van der Waals surface area contributed by atoms with Crippen molar-refractivity contribution in [2.75, 3.05) is 57.4 Å². The number of rotatable bonds is 5. The van der Waals surface area contributed by atoms with E-state index in [4.69, 9.17) is 0 Å². The Morgan fingerprint density at radius 3 is 2.84 bits per heavy atom. The van der Waals surface area contributed by atoms with Gasteiger partial charge in [0.15, 0.2) is 0 Å². The molecule has 0 radical (unpaired) electrons. The maximum atomic E-state index is 12.3. The monoisotopic (exact) mass is 362 g/mol. The van der Waals surface area contributed by atoms with E-state index in [9.17, 15) is 9.59 Å². The molecule has 1 saturated heterocycles. The summed E-state index contributed by atoms with van der Waals surface area (Å²) in [7, 11) is 2.13. The molecule has 2 amide bonds. The number of para-hydroxylation sites is 1. The minimum absolute atomic E-state index is 0.0409. The number of likely N-dealkylation sites (N-methyl/N-ethyl adjacent to an activating group) is 1. The molecule has 1 aromatic carbocycles. The van der Waals surface area contributed by atoms with Gasteiger partial charge in [-0.15, -0.1) is 11.8 Å². The summed E-state index contributed by atoms with van der Waals surface area (Å²) < 4.78 is 0. The number of hydrogen-bond acceptors (Lipinski definition) is 5. The molecule has 2 heterocycles. The Labute approximate surface area is 153 Å². The first-order chi connectivity index (χ1) is 12.1. The van der Waals surface area contributed by atoms with Crippen LogP contribution in [0.15, 0.2) is 29.2 Å². The summed E-state index contributed by atoms with van der Waals surface area (Å²) in [5.74, 6) is 0.239. The molecule has 6 nitrogen and oxygen atoms in total. The van der Waals surface area contributed by atoms with Gasteiger partial charge in [0.05, 0.1) is 11.6 Å². The lowest BCUT2D eigenvalue weighted by molar-refractivity contribution is -0.126. The van der Waals surface area contributed by atoms with Gasteiger partial charge in [0.2, 0.25) is 11.8 Å². The van der Waals surface area contributed by atoms with Gasteiger partial charge in [-0.3, -0.25) is 14.5 Å². The summed E-state index contributed by atoms with van der Waals surface area (Å²) in [4.78, 5) is 30.3. The Bertz CT molecular complexity index is 617. The number of carbonyl (C=O) groups excluding carboxylic acids is 2. The van der Waals surface area contributed by atoms with Gasteiger partial charge in [-0.05, 0) is 19.2 Å².